The van der Waals surface area contributed by atoms with E-state index in [1.165, 1.54) is 26.1 Å². The predicted molar refractivity (Wildman–Crippen MR) is 73.0 cm³/mol. The van der Waals surface area contributed by atoms with Gasteiger partial charge in [0, 0.05) is 16.1 Å². The van der Waals surface area contributed by atoms with Crippen LogP contribution < -0.4 is 5.73 Å². The first-order chi connectivity index (χ1) is 7.61. The fraction of sp³-hybridized carbons (Fsp3) is 0.429. The Bertz CT molecular complexity index is 497. The summed E-state index contributed by atoms with van der Waals surface area (Å²) in [5, 5.41) is 1.42. The molecule has 16 heavy (non-hydrogen) atoms. The maximum Gasteiger partial charge on any atom is 0.0349 e. The molecule has 0 aliphatic rings. The van der Waals surface area contributed by atoms with Crippen molar-refractivity contribution < 1.29 is 0 Å². The lowest BCUT2D eigenvalue weighted by Gasteiger charge is -2.06. The third-order valence-corrected chi connectivity index (χ3v) is 4.06. The van der Waals surface area contributed by atoms with Crippen molar-refractivity contribution in [3.63, 3.8) is 0 Å². The van der Waals surface area contributed by atoms with Crippen molar-refractivity contribution in [2.75, 3.05) is 0 Å². The zero-order valence-corrected chi connectivity index (χ0v) is 11.0. The molecule has 2 heteroatoms. The number of aryl methyl sites for hydroxylation is 1. The van der Waals surface area contributed by atoms with Crippen LogP contribution in [0.5, 0.6) is 0 Å². The minimum absolute atomic E-state index is 0.667. The van der Waals surface area contributed by atoms with E-state index in [1.807, 2.05) is 11.3 Å². The van der Waals surface area contributed by atoms with Crippen molar-refractivity contribution in [3.8, 4) is 0 Å². The molecule has 0 saturated heterocycles. The van der Waals surface area contributed by atoms with Crippen molar-refractivity contribution in [2.45, 2.75) is 33.7 Å². The lowest BCUT2D eigenvalue weighted by Crippen LogP contribution is -2.01. The molecule has 0 aliphatic carbocycles. The summed E-state index contributed by atoms with van der Waals surface area (Å²) in [6, 6.07) is 6.69. The molecule has 2 aromatic rings. The van der Waals surface area contributed by atoms with Gasteiger partial charge in [0.1, 0.15) is 0 Å². The molecule has 0 fully saturated rings. The molecular formula is C14H19NS. The van der Waals surface area contributed by atoms with Gasteiger partial charge in [0.15, 0.2) is 0 Å². The number of fused-ring (bicyclic) bond motifs is 1. The summed E-state index contributed by atoms with van der Waals surface area (Å²) in [7, 11) is 0. The van der Waals surface area contributed by atoms with Gasteiger partial charge in [0.25, 0.3) is 0 Å². The number of hydrogen-bond donors (Lipinski definition) is 1. The van der Waals surface area contributed by atoms with Gasteiger partial charge in [-0.2, -0.15) is 0 Å². The Labute approximate surface area is 101 Å². The van der Waals surface area contributed by atoms with Crippen molar-refractivity contribution in [2.24, 2.45) is 11.7 Å². The van der Waals surface area contributed by atoms with E-state index in [0.717, 1.165) is 6.42 Å². The highest BCUT2D eigenvalue weighted by molar-refractivity contribution is 7.19. The standard InChI is InChI=1S/C14H19NS/c1-9(2)6-11-12-7-10(3)4-5-13(12)16-14(11)8-15/h4-5,7,9H,6,8,15H2,1-3H3. The zero-order valence-electron chi connectivity index (χ0n) is 10.2. The Morgan fingerprint density at radius 1 is 1.31 bits per heavy atom. The molecule has 0 aliphatic heterocycles. The van der Waals surface area contributed by atoms with E-state index < -0.39 is 0 Å². The number of nitrogens with two attached hydrogens (primary N) is 1. The minimum atomic E-state index is 0.667. The summed E-state index contributed by atoms with van der Waals surface area (Å²) in [5.41, 5.74) is 8.64. The molecule has 0 radical (unpaired) electrons. The fourth-order valence-corrected chi connectivity index (χ4v) is 3.20. The molecule has 1 aromatic carbocycles. The minimum Gasteiger partial charge on any atom is -0.326 e. The maximum absolute atomic E-state index is 5.84. The first-order valence-corrected chi connectivity index (χ1v) is 6.64. The van der Waals surface area contributed by atoms with Crippen LogP contribution in [0.3, 0.4) is 0 Å². The van der Waals surface area contributed by atoms with Crippen molar-refractivity contribution >= 4 is 21.4 Å². The monoisotopic (exact) mass is 233 g/mol. The van der Waals surface area contributed by atoms with Gasteiger partial charge >= 0.3 is 0 Å². The number of rotatable bonds is 3. The molecule has 2 N–H and O–H groups in total. The second kappa shape index (κ2) is 4.56. The molecule has 0 bridgehead atoms. The van der Waals surface area contributed by atoms with Crippen LogP contribution in [0.1, 0.15) is 29.9 Å². The van der Waals surface area contributed by atoms with E-state index >= 15 is 0 Å². The van der Waals surface area contributed by atoms with Gasteiger partial charge in [0.05, 0.1) is 0 Å². The van der Waals surface area contributed by atoms with Gasteiger partial charge in [-0.15, -0.1) is 11.3 Å². The average molecular weight is 233 g/mol. The van der Waals surface area contributed by atoms with Gasteiger partial charge in [-0.3, -0.25) is 0 Å². The number of benzene rings is 1. The Kier molecular flexibility index (Phi) is 3.31. The zero-order chi connectivity index (χ0) is 11.7. The molecule has 2 rings (SSSR count). The second-order valence-corrected chi connectivity index (χ2v) is 5.94. The first kappa shape index (κ1) is 11.6. The van der Waals surface area contributed by atoms with Gasteiger partial charge in [-0.25, -0.2) is 0 Å². The van der Waals surface area contributed by atoms with Crippen LogP contribution in [0.4, 0.5) is 0 Å². The SMILES string of the molecule is Cc1ccc2sc(CN)c(CC(C)C)c2c1. The largest absolute Gasteiger partial charge is 0.326 e. The number of thiophene rings is 1. The summed E-state index contributed by atoms with van der Waals surface area (Å²) in [6.07, 6.45) is 1.13. The van der Waals surface area contributed by atoms with Crippen LogP contribution in [-0.4, -0.2) is 0 Å². The van der Waals surface area contributed by atoms with Crippen molar-refractivity contribution in [3.05, 3.63) is 34.2 Å². The fourth-order valence-electron chi connectivity index (χ4n) is 2.11. The highest BCUT2D eigenvalue weighted by Crippen LogP contribution is 2.33. The average Bonchev–Trinajstić information content (AvgIpc) is 2.56. The van der Waals surface area contributed by atoms with E-state index in [2.05, 4.69) is 39.0 Å². The van der Waals surface area contributed by atoms with E-state index in [0.29, 0.717) is 12.5 Å². The van der Waals surface area contributed by atoms with E-state index in [4.69, 9.17) is 5.73 Å². The van der Waals surface area contributed by atoms with Crippen molar-refractivity contribution in [1.82, 2.24) is 0 Å². The smallest absolute Gasteiger partial charge is 0.0349 e. The Morgan fingerprint density at radius 2 is 2.06 bits per heavy atom. The van der Waals surface area contributed by atoms with Gasteiger partial charge in [-0.1, -0.05) is 31.5 Å². The molecular weight excluding hydrogens is 214 g/mol. The third kappa shape index (κ3) is 2.13. The van der Waals surface area contributed by atoms with Crippen LogP contribution in [0.15, 0.2) is 18.2 Å². The van der Waals surface area contributed by atoms with Crippen LogP contribution in [0.25, 0.3) is 10.1 Å². The van der Waals surface area contributed by atoms with Crippen molar-refractivity contribution in [1.29, 1.82) is 0 Å². The molecule has 0 amide bonds. The molecule has 1 nitrogen and oxygen atoms in total. The van der Waals surface area contributed by atoms with E-state index in [1.54, 1.807) is 0 Å². The summed E-state index contributed by atoms with van der Waals surface area (Å²) < 4.78 is 1.38. The normalized spacial score (nSPS) is 11.6. The van der Waals surface area contributed by atoms with Crippen LogP contribution in [0, 0.1) is 12.8 Å². The molecule has 0 spiro atoms. The quantitative estimate of drug-likeness (QED) is 0.855. The van der Waals surface area contributed by atoms with E-state index in [9.17, 15) is 0 Å². The Balaban J connectivity index is 2.60. The summed E-state index contributed by atoms with van der Waals surface area (Å²) in [4.78, 5) is 1.36. The highest BCUT2D eigenvalue weighted by Gasteiger charge is 2.12. The molecule has 86 valence electrons. The molecule has 1 heterocycles. The van der Waals surface area contributed by atoms with Crippen LogP contribution in [-0.2, 0) is 13.0 Å². The van der Waals surface area contributed by atoms with Crippen LogP contribution >= 0.6 is 11.3 Å². The van der Waals surface area contributed by atoms with Crippen LogP contribution in [0.2, 0.25) is 0 Å². The summed E-state index contributed by atoms with van der Waals surface area (Å²) in [6.45, 7) is 7.35. The van der Waals surface area contributed by atoms with Gasteiger partial charge < -0.3 is 5.73 Å². The Hall–Kier alpha value is -0.860. The molecule has 1 aromatic heterocycles. The topological polar surface area (TPSA) is 26.0 Å². The maximum atomic E-state index is 5.84. The highest BCUT2D eigenvalue weighted by atomic mass is 32.1. The summed E-state index contributed by atoms with van der Waals surface area (Å²) >= 11 is 1.85. The van der Waals surface area contributed by atoms with Gasteiger partial charge in [0.2, 0.25) is 0 Å². The lowest BCUT2D eigenvalue weighted by atomic mass is 9.99. The predicted octanol–water partition coefficient (Wildman–Crippen LogP) is 3.87. The summed E-state index contributed by atoms with van der Waals surface area (Å²) in [5.74, 6) is 0.684. The molecule has 0 saturated carbocycles. The second-order valence-electron chi connectivity index (χ2n) is 4.81. The molecule has 0 atom stereocenters. The first-order valence-electron chi connectivity index (χ1n) is 5.82. The third-order valence-electron chi connectivity index (χ3n) is 2.83. The Morgan fingerprint density at radius 3 is 2.69 bits per heavy atom. The lowest BCUT2D eigenvalue weighted by molar-refractivity contribution is 0.647. The molecule has 0 unspecified atom stereocenters. The van der Waals surface area contributed by atoms with Gasteiger partial charge in [-0.05, 0) is 36.3 Å². The number of hydrogen-bond acceptors (Lipinski definition) is 2. The van der Waals surface area contributed by atoms with E-state index in [-0.39, 0.29) is 0 Å².